The highest BCUT2D eigenvalue weighted by Gasteiger charge is 2.24. The third-order valence-corrected chi connectivity index (χ3v) is 5.83. The van der Waals surface area contributed by atoms with Crippen LogP contribution in [-0.2, 0) is 9.53 Å². The molecule has 0 saturated carbocycles. The van der Waals surface area contributed by atoms with E-state index >= 15 is 0 Å². The van der Waals surface area contributed by atoms with Gasteiger partial charge in [-0.1, -0.05) is 55.8 Å². The normalized spacial score (nSPS) is 14.1. The lowest BCUT2D eigenvalue weighted by molar-refractivity contribution is -0.129. The maximum absolute atomic E-state index is 12.5. The Labute approximate surface area is 208 Å². The highest BCUT2D eigenvalue weighted by Crippen LogP contribution is 2.38. The van der Waals surface area contributed by atoms with Crippen LogP contribution in [0.3, 0.4) is 0 Å². The number of carbonyl (C=O) groups is 1. The van der Waals surface area contributed by atoms with Gasteiger partial charge in [0.1, 0.15) is 0 Å². The minimum absolute atomic E-state index is 0.233. The molecule has 3 aromatic rings. The SMILES string of the molecule is CCCCOc1c(Br)cc(/C=C2\N=C(c3ccc(-c4ccccc4)cc3)OC2=O)cc1OCC. The molecule has 6 heteroatoms. The van der Waals surface area contributed by atoms with Gasteiger partial charge in [-0.15, -0.1) is 0 Å². The fourth-order valence-electron chi connectivity index (χ4n) is 3.52. The molecule has 0 amide bonds. The molecule has 34 heavy (non-hydrogen) atoms. The molecule has 0 spiro atoms. The lowest BCUT2D eigenvalue weighted by Gasteiger charge is -2.14. The second kappa shape index (κ2) is 11.2. The van der Waals surface area contributed by atoms with Crippen molar-refractivity contribution in [3.05, 3.63) is 88.0 Å². The Kier molecular flexibility index (Phi) is 7.80. The maximum Gasteiger partial charge on any atom is 0.363 e. The highest BCUT2D eigenvalue weighted by atomic mass is 79.9. The van der Waals surface area contributed by atoms with Gasteiger partial charge >= 0.3 is 5.97 Å². The zero-order valence-corrected chi connectivity index (χ0v) is 20.8. The summed E-state index contributed by atoms with van der Waals surface area (Å²) in [5, 5.41) is 0. The molecule has 0 radical (unpaired) electrons. The quantitative estimate of drug-likeness (QED) is 0.173. The van der Waals surface area contributed by atoms with Crippen molar-refractivity contribution in [3.63, 3.8) is 0 Å². The number of esters is 1. The van der Waals surface area contributed by atoms with Gasteiger partial charge in [-0.3, -0.25) is 0 Å². The molecule has 0 aliphatic carbocycles. The molecule has 3 aromatic carbocycles. The topological polar surface area (TPSA) is 57.1 Å². The van der Waals surface area contributed by atoms with E-state index in [2.05, 4.69) is 40.0 Å². The summed E-state index contributed by atoms with van der Waals surface area (Å²) < 4.78 is 17.9. The summed E-state index contributed by atoms with van der Waals surface area (Å²) in [5.41, 5.74) is 3.94. The molecular weight excluding hydrogens is 494 g/mol. The van der Waals surface area contributed by atoms with Crippen LogP contribution in [0.5, 0.6) is 11.5 Å². The molecule has 0 atom stereocenters. The summed E-state index contributed by atoms with van der Waals surface area (Å²) in [6.45, 7) is 5.14. The molecule has 0 aromatic heterocycles. The zero-order valence-electron chi connectivity index (χ0n) is 19.2. The van der Waals surface area contributed by atoms with Crippen LogP contribution in [0.1, 0.15) is 37.8 Å². The van der Waals surface area contributed by atoms with E-state index in [-0.39, 0.29) is 5.70 Å². The Hall–Kier alpha value is -3.38. The molecule has 4 rings (SSSR count). The molecule has 1 aliphatic heterocycles. The second-order valence-electron chi connectivity index (χ2n) is 7.74. The summed E-state index contributed by atoms with van der Waals surface area (Å²) in [6, 6.07) is 21.6. The number of ether oxygens (including phenoxy) is 3. The first-order chi connectivity index (χ1) is 16.6. The number of carbonyl (C=O) groups excluding carboxylic acids is 1. The Bertz CT molecular complexity index is 1220. The lowest BCUT2D eigenvalue weighted by Crippen LogP contribution is -2.05. The van der Waals surface area contributed by atoms with E-state index in [4.69, 9.17) is 14.2 Å². The van der Waals surface area contributed by atoms with Crippen LogP contribution >= 0.6 is 15.9 Å². The molecule has 0 N–H and O–H groups in total. The Morgan fingerprint density at radius 3 is 2.35 bits per heavy atom. The Balaban J connectivity index is 1.58. The van der Waals surface area contributed by atoms with Crippen LogP contribution in [0, 0.1) is 0 Å². The monoisotopic (exact) mass is 519 g/mol. The predicted octanol–water partition coefficient (Wildman–Crippen LogP) is 7.04. The van der Waals surface area contributed by atoms with E-state index in [1.54, 1.807) is 6.08 Å². The Morgan fingerprint density at radius 1 is 0.941 bits per heavy atom. The van der Waals surface area contributed by atoms with Crippen molar-refractivity contribution in [1.82, 2.24) is 0 Å². The number of halogens is 1. The molecule has 0 fully saturated rings. The first-order valence-electron chi connectivity index (χ1n) is 11.4. The van der Waals surface area contributed by atoms with Crippen molar-refractivity contribution in [2.45, 2.75) is 26.7 Å². The third-order valence-electron chi connectivity index (χ3n) is 5.24. The van der Waals surface area contributed by atoms with Gasteiger partial charge in [-0.05, 0) is 76.3 Å². The number of cyclic esters (lactones) is 1. The summed E-state index contributed by atoms with van der Waals surface area (Å²) in [5.74, 6) is 1.08. The van der Waals surface area contributed by atoms with Crippen LogP contribution < -0.4 is 9.47 Å². The van der Waals surface area contributed by atoms with Crippen LogP contribution in [0.25, 0.3) is 17.2 Å². The fourth-order valence-corrected chi connectivity index (χ4v) is 4.09. The minimum Gasteiger partial charge on any atom is -0.490 e. The van der Waals surface area contributed by atoms with Crippen LogP contribution in [0.4, 0.5) is 0 Å². The van der Waals surface area contributed by atoms with Gasteiger partial charge in [0.15, 0.2) is 17.2 Å². The van der Waals surface area contributed by atoms with Gasteiger partial charge in [0.05, 0.1) is 17.7 Å². The first kappa shape index (κ1) is 23.8. The van der Waals surface area contributed by atoms with Gasteiger partial charge in [0, 0.05) is 5.56 Å². The lowest BCUT2D eigenvalue weighted by atomic mass is 10.0. The number of hydrogen-bond donors (Lipinski definition) is 0. The molecule has 174 valence electrons. The van der Waals surface area contributed by atoms with Crippen molar-refractivity contribution in [3.8, 4) is 22.6 Å². The number of benzene rings is 3. The van der Waals surface area contributed by atoms with Gasteiger partial charge < -0.3 is 14.2 Å². The summed E-state index contributed by atoms with van der Waals surface area (Å²) in [6.07, 6.45) is 3.69. The van der Waals surface area contributed by atoms with Gasteiger partial charge in [-0.2, -0.15) is 0 Å². The number of unbranched alkanes of at least 4 members (excludes halogenated alkanes) is 1. The van der Waals surface area contributed by atoms with Crippen molar-refractivity contribution < 1.29 is 19.0 Å². The average molecular weight is 520 g/mol. The minimum atomic E-state index is -0.487. The number of nitrogens with zero attached hydrogens (tertiary/aromatic N) is 1. The molecule has 0 bridgehead atoms. The molecule has 1 aliphatic rings. The van der Waals surface area contributed by atoms with E-state index in [0.29, 0.717) is 30.6 Å². The number of hydrogen-bond acceptors (Lipinski definition) is 5. The third kappa shape index (κ3) is 5.57. The van der Waals surface area contributed by atoms with Gasteiger partial charge in [0.2, 0.25) is 5.90 Å². The smallest absolute Gasteiger partial charge is 0.363 e. The van der Waals surface area contributed by atoms with E-state index in [0.717, 1.165) is 39.6 Å². The van der Waals surface area contributed by atoms with E-state index in [1.165, 1.54) is 0 Å². The molecule has 5 nitrogen and oxygen atoms in total. The van der Waals surface area contributed by atoms with E-state index < -0.39 is 5.97 Å². The molecular formula is C28H26BrNO4. The molecule has 0 saturated heterocycles. The van der Waals surface area contributed by atoms with Crippen molar-refractivity contribution >= 4 is 33.9 Å². The highest BCUT2D eigenvalue weighted by molar-refractivity contribution is 9.10. The number of aliphatic imine (C=N–C) groups is 1. The average Bonchev–Trinajstić information content (AvgIpc) is 3.21. The standard InChI is InChI=1S/C28H26BrNO4/c1-3-5-15-33-26-23(29)16-19(18-25(26)32-4-2)17-24-28(31)34-27(30-24)22-13-11-21(12-14-22)20-9-7-6-8-10-20/h6-14,16-18H,3-5,15H2,1-2H3/b24-17-. The first-order valence-corrected chi connectivity index (χ1v) is 12.2. The maximum atomic E-state index is 12.5. The summed E-state index contributed by atoms with van der Waals surface area (Å²) in [4.78, 5) is 17.0. The van der Waals surface area contributed by atoms with E-state index in [1.807, 2.05) is 61.5 Å². The van der Waals surface area contributed by atoms with Gasteiger partial charge in [0.25, 0.3) is 0 Å². The second-order valence-corrected chi connectivity index (χ2v) is 8.60. The van der Waals surface area contributed by atoms with Crippen LogP contribution in [0.2, 0.25) is 0 Å². The molecule has 1 heterocycles. The Morgan fingerprint density at radius 2 is 1.65 bits per heavy atom. The van der Waals surface area contributed by atoms with E-state index in [9.17, 15) is 4.79 Å². The van der Waals surface area contributed by atoms with Crippen molar-refractivity contribution in [2.24, 2.45) is 4.99 Å². The van der Waals surface area contributed by atoms with Crippen molar-refractivity contribution in [1.29, 1.82) is 0 Å². The largest absolute Gasteiger partial charge is 0.490 e. The molecule has 0 unspecified atom stereocenters. The van der Waals surface area contributed by atoms with Crippen LogP contribution in [0.15, 0.2) is 81.9 Å². The predicted molar refractivity (Wildman–Crippen MR) is 138 cm³/mol. The zero-order chi connectivity index (χ0) is 23.9. The van der Waals surface area contributed by atoms with Crippen molar-refractivity contribution in [2.75, 3.05) is 13.2 Å². The summed E-state index contributed by atoms with van der Waals surface area (Å²) in [7, 11) is 0. The van der Waals surface area contributed by atoms with Gasteiger partial charge in [-0.25, -0.2) is 9.79 Å². The summed E-state index contributed by atoms with van der Waals surface area (Å²) >= 11 is 3.57. The van der Waals surface area contributed by atoms with Crippen LogP contribution in [-0.4, -0.2) is 25.1 Å². The number of rotatable bonds is 9. The fraction of sp³-hybridized carbons (Fsp3) is 0.214.